The van der Waals surface area contributed by atoms with Gasteiger partial charge in [0.15, 0.2) is 0 Å². The molecule has 2 amide bonds. The van der Waals surface area contributed by atoms with E-state index in [-0.39, 0.29) is 42.7 Å². The molecule has 0 spiro atoms. The summed E-state index contributed by atoms with van der Waals surface area (Å²) in [5, 5.41) is 12.0. The average molecular weight is 403 g/mol. The first-order valence-electron chi connectivity index (χ1n) is 10.6. The van der Waals surface area contributed by atoms with E-state index in [9.17, 15) is 14.4 Å². The fourth-order valence-electron chi connectivity index (χ4n) is 3.77. The largest absolute Gasteiger partial charge is 0.481 e. The van der Waals surface area contributed by atoms with Gasteiger partial charge in [-0.2, -0.15) is 0 Å². The van der Waals surface area contributed by atoms with Crippen LogP contribution in [-0.2, 0) is 20.9 Å². The van der Waals surface area contributed by atoms with Crippen molar-refractivity contribution in [3.05, 3.63) is 35.4 Å². The number of nitrogens with zero attached hydrogens (tertiary/aromatic N) is 1. The van der Waals surface area contributed by atoms with E-state index in [2.05, 4.69) is 31.3 Å². The molecule has 6 nitrogen and oxygen atoms in total. The second-order valence-corrected chi connectivity index (χ2v) is 8.47. The van der Waals surface area contributed by atoms with Gasteiger partial charge in [0, 0.05) is 31.5 Å². The molecule has 0 bridgehead atoms. The predicted molar refractivity (Wildman–Crippen MR) is 112 cm³/mol. The Morgan fingerprint density at radius 1 is 1.21 bits per heavy atom. The lowest BCUT2D eigenvalue weighted by molar-refractivity contribution is -0.138. The number of benzene rings is 1. The van der Waals surface area contributed by atoms with Crippen LogP contribution in [0.15, 0.2) is 24.3 Å². The second kappa shape index (κ2) is 10.4. The summed E-state index contributed by atoms with van der Waals surface area (Å²) >= 11 is 0. The Labute approximate surface area is 173 Å². The van der Waals surface area contributed by atoms with E-state index in [1.54, 1.807) is 4.90 Å². The number of aliphatic carboxylic acids is 1. The maximum atomic E-state index is 12.6. The Morgan fingerprint density at radius 2 is 1.86 bits per heavy atom. The summed E-state index contributed by atoms with van der Waals surface area (Å²) in [6, 6.07) is 7.73. The summed E-state index contributed by atoms with van der Waals surface area (Å²) in [5.74, 6) is -0.497. The molecule has 1 aliphatic rings. The van der Waals surface area contributed by atoms with Gasteiger partial charge < -0.3 is 15.3 Å². The van der Waals surface area contributed by atoms with Crippen molar-refractivity contribution in [2.24, 2.45) is 5.92 Å². The molecule has 1 unspecified atom stereocenters. The fraction of sp³-hybridized carbons (Fsp3) is 0.609. The first-order chi connectivity index (χ1) is 13.7. The number of amides is 2. The van der Waals surface area contributed by atoms with Gasteiger partial charge in [0.1, 0.15) is 0 Å². The van der Waals surface area contributed by atoms with E-state index in [1.807, 2.05) is 26.0 Å². The van der Waals surface area contributed by atoms with E-state index in [4.69, 9.17) is 5.11 Å². The minimum absolute atomic E-state index is 0.0692. The third kappa shape index (κ3) is 6.58. The third-order valence-corrected chi connectivity index (χ3v) is 5.94. The zero-order valence-electron chi connectivity index (χ0n) is 18.0. The Hall–Kier alpha value is -2.37. The molecule has 1 aromatic carbocycles. The van der Waals surface area contributed by atoms with Gasteiger partial charge in [0.2, 0.25) is 11.8 Å². The maximum Gasteiger partial charge on any atom is 0.305 e. The van der Waals surface area contributed by atoms with Gasteiger partial charge in [0.05, 0.1) is 6.42 Å². The van der Waals surface area contributed by atoms with Gasteiger partial charge >= 0.3 is 5.97 Å². The van der Waals surface area contributed by atoms with E-state index < -0.39 is 5.97 Å². The van der Waals surface area contributed by atoms with Gasteiger partial charge in [-0.1, -0.05) is 58.4 Å². The average Bonchev–Trinajstić information content (AvgIpc) is 3.00. The Bertz CT molecular complexity index is 714. The van der Waals surface area contributed by atoms with Crippen molar-refractivity contribution in [3.63, 3.8) is 0 Å². The fourth-order valence-corrected chi connectivity index (χ4v) is 3.77. The van der Waals surface area contributed by atoms with E-state index >= 15 is 0 Å². The van der Waals surface area contributed by atoms with Crippen LogP contribution in [0.2, 0.25) is 0 Å². The smallest absolute Gasteiger partial charge is 0.305 e. The molecule has 29 heavy (non-hydrogen) atoms. The summed E-state index contributed by atoms with van der Waals surface area (Å²) in [7, 11) is 0. The molecule has 160 valence electrons. The number of hydrogen-bond acceptors (Lipinski definition) is 3. The van der Waals surface area contributed by atoms with Crippen molar-refractivity contribution in [1.29, 1.82) is 0 Å². The van der Waals surface area contributed by atoms with Gasteiger partial charge in [-0.25, -0.2) is 0 Å². The monoisotopic (exact) mass is 402 g/mol. The zero-order valence-corrected chi connectivity index (χ0v) is 18.0. The summed E-state index contributed by atoms with van der Waals surface area (Å²) in [4.78, 5) is 37.9. The van der Waals surface area contributed by atoms with Crippen LogP contribution in [0.3, 0.4) is 0 Å². The van der Waals surface area contributed by atoms with Gasteiger partial charge in [-0.15, -0.1) is 0 Å². The number of likely N-dealkylation sites (tertiary alicyclic amines) is 1. The molecule has 1 saturated heterocycles. The van der Waals surface area contributed by atoms with Gasteiger partial charge in [0.25, 0.3) is 0 Å². The molecule has 0 aromatic heterocycles. The van der Waals surface area contributed by atoms with Crippen LogP contribution < -0.4 is 5.32 Å². The van der Waals surface area contributed by atoms with E-state index in [0.29, 0.717) is 25.3 Å². The van der Waals surface area contributed by atoms with Gasteiger partial charge in [-0.3, -0.25) is 14.4 Å². The third-order valence-electron chi connectivity index (χ3n) is 5.94. The van der Waals surface area contributed by atoms with Crippen molar-refractivity contribution >= 4 is 17.8 Å². The Morgan fingerprint density at radius 3 is 2.41 bits per heavy atom. The van der Waals surface area contributed by atoms with Crippen molar-refractivity contribution in [3.8, 4) is 0 Å². The Balaban J connectivity index is 2.00. The SMILES string of the molecule is CC[C@@H](C)[C@@H](CC(=O)O)NC(=O)CC1CCC(=O)N1Cc1ccc(C(C)C)cc1. The van der Waals surface area contributed by atoms with Gasteiger partial charge in [-0.05, 0) is 29.4 Å². The summed E-state index contributed by atoms with van der Waals surface area (Å²) in [5.41, 5.74) is 2.31. The molecular formula is C23H34N2O4. The molecule has 0 radical (unpaired) electrons. The number of nitrogens with one attached hydrogen (secondary N) is 1. The lowest BCUT2D eigenvalue weighted by atomic mass is 9.96. The lowest BCUT2D eigenvalue weighted by Crippen LogP contribution is -2.43. The molecule has 1 fully saturated rings. The maximum absolute atomic E-state index is 12.6. The zero-order chi connectivity index (χ0) is 21.6. The highest BCUT2D eigenvalue weighted by Crippen LogP contribution is 2.25. The summed E-state index contributed by atoms with van der Waals surface area (Å²) < 4.78 is 0. The molecule has 2 N–H and O–H groups in total. The molecule has 0 aliphatic carbocycles. The van der Waals surface area contributed by atoms with Crippen molar-refractivity contribution in [2.75, 3.05) is 0 Å². The molecule has 6 heteroatoms. The number of carbonyl (C=O) groups is 3. The van der Waals surface area contributed by atoms with E-state index in [1.165, 1.54) is 5.56 Å². The molecule has 2 rings (SSSR count). The predicted octanol–water partition coefficient (Wildman–Crippen LogP) is 3.70. The minimum Gasteiger partial charge on any atom is -0.481 e. The summed E-state index contributed by atoms with van der Waals surface area (Å²) in [6.07, 6.45) is 2.02. The quantitative estimate of drug-likeness (QED) is 0.625. The Kier molecular flexibility index (Phi) is 8.23. The molecule has 3 atom stereocenters. The van der Waals surface area contributed by atoms with Crippen molar-refractivity contribution in [2.45, 2.75) is 84.3 Å². The van der Waals surface area contributed by atoms with Crippen LogP contribution in [0.5, 0.6) is 0 Å². The molecule has 1 aromatic rings. The number of carbonyl (C=O) groups excluding carboxylic acids is 2. The highest BCUT2D eigenvalue weighted by Gasteiger charge is 2.33. The highest BCUT2D eigenvalue weighted by molar-refractivity contribution is 5.82. The number of rotatable bonds is 10. The van der Waals surface area contributed by atoms with Crippen molar-refractivity contribution < 1.29 is 19.5 Å². The lowest BCUT2D eigenvalue weighted by Gasteiger charge is -2.27. The first-order valence-corrected chi connectivity index (χ1v) is 10.6. The molecule has 0 saturated carbocycles. The second-order valence-electron chi connectivity index (χ2n) is 8.47. The number of carboxylic acids is 1. The van der Waals surface area contributed by atoms with Crippen LogP contribution >= 0.6 is 0 Å². The van der Waals surface area contributed by atoms with Crippen LogP contribution in [0.25, 0.3) is 0 Å². The molecule has 1 heterocycles. The van der Waals surface area contributed by atoms with Crippen molar-refractivity contribution in [1.82, 2.24) is 10.2 Å². The molecule has 1 aliphatic heterocycles. The van der Waals surface area contributed by atoms with Crippen LogP contribution in [-0.4, -0.2) is 39.9 Å². The number of hydrogen-bond donors (Lipinski definition) is 2. The normalized spacial score (nSPS) is 18.7. The number of carboxylic acid groups (broad SMARTS) is 1. The van der Waals surface area contributed by atoms with Crippen LogP contribution in [0, 0.1) is 5.92 Å². The molecular weight excluding hydrogens is 368 g/mol. The summed E-state index contributed by atoms with van der Waals surface area (Å²) in [6.45, 7) is 8.71. The topological polar surface area (TPSA) is 86.7 Å². The van der Waals surface area contributed by atoms with E-state index in [0.717, 1.165) is 12.0 Å². The first kappa shape index (κ1) is 22.9. The van der Waals surface area contributed by atoms with Crippen LogP contribution in [0.4, 0.5) is 0 Å². The highest BCUT2D eigenvalue weighted by atomic mass is 16.4. The minimum atomic E-state index is -0.918. The van der Waals surface area contributed by atoms with Crippen LogP contribution in [0.1, 0.15) is 76.8 Å². The standard InChI is InChI=1S/C23H34N2O4/c1-5-16(4)20(13-23(28)29)24-21(26)12-19-10-11-22(27)25(19)14-17-6-8-18(9-7-17)15(2)3/h6-9,15-16,19-20H,5,10-14H2,1-4H3,(H,24,26)(H,28,29)/t16-,19?,20-/m1/s1.